The highest BCUT2D eigenvalue weighted by molar-refractivity contribution is 6.42. The summed E-state index contributed by atoms with van der Waals surface area (Å²) in [4.78, 5) is 44.9. The maximum absolute atomic E-state index is 13.8. The molecule has 55 heavy (non-hydrogen) atoms. The first kappa shape index (κ1) is 42.3. The van der Waals surface area contributed by atoms with Crippen molar-refractivity contribution in [3.8, 4) is 0 Å². The molecule has 0 saturated carbocycles. The van der Waals surface area contributed by atoms with Crippen molar-refractivity contribution in [2.24, 2.45) is 5.73 Å². The molecule has 2 heterocycles. The fourth-order valence-corrected chi connectivity index (χ4v) is 7.34. The minimum absolute atomic E-state index is 0.0364. The van der Waals surface area contributed by atoms with Gasteiger partial charge in [-0.2, -0.15) is 0 Å². The Bertz CT molecular complexity index is 1740. The Morgan fingerprint density at radius 3 is 1.24 bits per heavy atom. The van der Waals surface area contributed by atoms with Crippen molar-refractivity contribution in [1.29, 1.82) is 0 Å². The lowest BCUT2D eigenvalue weighted by Crippen LogP contribution is -2.49. The van der Waals surface area contributed by atoms with E-state index in [1.165, 1.54) is 0 Å². The number of nitrogens with two attached hydrogens (primary N) is 1. The number of amides is 3. The van der Waals surface area contributed by atoms with Crippen molar-refractivity contribution in [1.82, 2.24) is 19.6 Å². The number of rotatable bonds is 12. The van der Waals surface area contributed by atoms with Gasteiger partial charge in [-0.25, -0.2) is 4.79 Å². The number of nitrogens with zero attached hydrogens (tertiary/aromatic N) is 4. The molecule has 4 aromatic carbocycles. The molecular formula is C41H45Cl4N5O5. The van der Waals surface area contributed by atoms with Gasteiger partial charge in [0, 0.05) is 65.4 Å². The van der Waals surface area contributed by atoms with Gasteiger partial charge < -0.3 is 25.4 Å². The summed E-state index contributed by atoms with van der Waals surface area (Å²) in [5.41, 5.74) is 8.03. The van der Waals surface area contributed by atoms with Crippen LogP contribution in [-0.4, -0.2) is 95.0 Å². The Balaban J connectivity index is 0.00000138. The summed E-state index contributed by atoms with van der Waals surface area (Å²) in [6, 6.07) is 31.1. The second kappa shape index (κ2) is 20.9. The molecule has 2 aliphatic rings. The van der Waals surface area contributed by atoms with Gasteiger partial charge in [0.1, 0.15) is 0 Å². The third-order valence-electron chi connectivity index (χ3n) is 9.62. The SMILES string of the molecule is NC(=O)O.O=C(CC(OC(CC(=O)N1CCN(Cc2ccc(Cl)c(Cl)c2)CC1)c1ccccc1)c1ccccc1)N1CCN(Cc2ccc(Cl)c(Cl)c2)CC1. The van der Waals surface area contributed by atoms with E-state index >= 15 is 0 Å². The molecule has 2 aliphatic heterocycles. The minimum Gasteiger partial charge on any atom is -0.465 e. The van der Waals surface area contributed by atoms with Gasteiger partial charge in [-0.05, 0) is 46.5 Å². The molecule has 0 radical (unpaired) electrons. The number of primary amides is 1. The molecular weight excluding hydrogens is 784 g/mol. The van der Waals surface area contributed by atoms with Gasteiger partial charge in [-0.15, -0.1) is 0 Å². The highest BCUT2D eigenvalue weighted by Crippen LogP contribution is 2.33. The van der Waals surface area contributed by atoms with Crippen molar-refractivity contribution in [3.63, 3.8) is 0 Å². The zero-order valence-electron chi connectivity index (χ0n) is 30.3. The van der Waals surface area contributed by atoms with Crippen LogP contribution in [0.25, 0.3) is 0 Å². The van der Waals surface area contributed by atoms with Gasteiger partial charge >= 0.3 is 6.09 Å². The molecule has 6 rings (SSSR count). The first-order valence-electron chi connectivity index (χ1n) is 18.1. The van der Waals surface area contributed by atoms with Crippen LogP contribution in [0.5, 0.6) is 0 Å². The van der Waals surface area contributed by atoms with Crippen LogP contribution in [-0.2, 0) is 27.4 Å². The minimum atomic E-state index is -1.33. The smallest absolute Gasteiger partial charge is 0.402 e. The van der Waals surface area contributed by atoms with Crippen LogP contribution < -0.4 is 5.73 Å². The Morgan fingerprint density at radius 2 is 0.909 bits per heavy atom. The van der Waals surface area contributed by atoms with Gasteiger partial charge in [-0.1, -0.05) is 119 Å². The molecule has 2 saturated heterocycles. The van der Waals surface area contributed by atoms with Crippen LogP contribution in [0.3, 0.4) is 0 Å². The van der Waals surface area contributed by atoms with Gasteiger partial charge in [0.05, 0.1) is 45.1 Å². The first-order valence-corrected chi connectivity index (χ1v) is 19.6. The third-order valence-corrected chi connectivity index (χ3v) is 11.1. The molecule has 0 aromatic heterocycles. The average molecular weight is 830 g/mol. The Hall–Kier alpha value is -3.87. The molecule has 0 spiro atoms. The van der Waals surface area contributed by atoms with Crippen molar-refractivity contribution in [2.75, 3.05) is 52.4 Å². The summed E-state index contributed by atoms with van der Waals surface area (Å²) < 4.78 is 6.83. The maximum Gasteiger partial charge on any atom is 0.402 e. The highest BCUT2D eigenvalue weighted by Gasteiger charge is 2.30. The number of halogens is 4. The Morgan fingerprint density at radius 1 is 0.564 bits per heavy atom. The number of piperazine rings is 2. The predicted molar refractivity (Wildman–Crippen MR) is 218 cm³/mol. The molecule has 4 aromatic rings. The van der Waals surface area contributed by atoms with E-state index in [2.05, 4.69) is 15.5 Å². The van der Waals surface area contributed by atoms with Crippen LogP contribution >= 0.6 is 46.4 Å². The monoisotopic (exact) mass is 827 g/mol. The summed E-state index contributed by atoms with van der Waals surface area (Å²) >= 11 is 24.7. The summed E-state index contributed by atoms with van der Waals surface area (Å²) in [6.45, 7) is 7.00. The molecule has 2 unspecified atom stereocenters. The summed E-state index contributed by atoms with van der Waals surface area (Å²) in [7, 11) is 0. The second-order valence-electron chi connectivity index (χ2n) is 13.5. The lowest BCUT2D eigenvalue weighted by atomic mass is 10.0. The highest BCUT2D eigenvalue weighted by atomic mass is 35.5. The largest absolute Gasteiger partial charge is 0.465 e. The van der Waals surface area contributed by atoms with Crippen LogP contribution in [0.15, 0.2) is 97.1 Å². The van der Waals surface area contributed by atoms with E-state index in [0.717, 1.165) is 61.5 Å². The second-order valence-corrected chi connectivity index (χ2v) is 15.1. The fourth-order valence-electron chi connectivity index (χ4n) is 6.70. The number of ether oxygens (including phenoxy) is 1. The molecule has 2 atom stereocenters. The standard InChI is InChI=1S/C40H42Cl4N4O3.CH3NO2/c41-33-13-11-29(23-35(33)43)27-45-15-19-47(20-16-45)39(49)25-37(31-7-3-1-4-8-31)51-38(32-9-5-2-6-10-32)26-40(50)48-21-17-46(18-22-48)28-30-12-14-34(42)36(44)24-30;2-1(3)4/h1-14,23-24,37-38H,15-22,25-28H2;2H2,(H,3,4). The fraction of sp³-hybridized carbons (Fsp3) is 0.341. The van der Waals surface area contributed by atoms with E-state index in [-0.39, 0.29) is 24.7 Å². The van der Waals surface area contributed by atoms with E-state index in [4.69, 9.17) is 61.0 Å². The third kappa shape index (κ3) is 13.1. The van der Waals surface area contributed by atoms with Crippen LogP contribution in [0.1, 0.15) is 47.3 Å². The van der Waals surface area contributed by atoms with Gasteiger partial charge in [0.15, 0.2) is 0 Å². The van der Waals surface area contributed by atoms with Gasteiger partial charge in [0.25, 0.3) is 0 Å². The lowest BCUT2D eigenvalue weighted by Gasteiger charge is -2.36. The maximum atomic E-state index is 13.8. The molecule has 292 valence electrons. The van der Waals surface area contributed by atoms with E-state index in [1.54, 1.807) is 0 Å². The van der Waals surface area contributed by atoms with E-state index in [0.29, 0.717) is 46.3 Å². The molecule has 3 amide bonds. The number of carbonyl (C=O) groups is 3. The summed E-state index contributed by atoms with van der Waals surface area (Å²) in [5, 5.41) is 9.37. The molecule has 10 nitrogen and oxygen atoms in total. The Kier molecular flexibility index (Phi) is 16.0. The van der Waals surface area contributed by atoms with Crippen molar-refractivity contribution >= 4 is 64.3 Å². The predicted octanol–water partition coefficient (Wildman–Crippen LogP) is 8.19. The summed E-state index contributed by atoms with van der Waals surface area (Å²) in [6.07, 6.45) is -2.01. The first-order chi connectivity index (χ1) is 26.4. The number of carbonyl (C=O) groups excluding carboxylic acids is 2. The average Bonchev–Trinajstić information content (AvgIpc) is 3.18. The molecule has 0 aliphatic carbocycles. The number of carboxylic acid groups (broad SMARTS) is 1. The van der Waals surface area contributed by atoms with E-state index in [9.17, 15) is 9.59 Å². The van der Waals surface area contributed by atoms with Crippen molar-refractivity contribution < 1.29 is 24.2 Å². The number of benzene rings is 4. The van der Waals surface area contributed by atoms with Crippen LogP contribution in [0, 0.1) is 0 Å². The molecule has 3 N–H and O–H groups in total. The number of hydrogen-bond acceptors (Lipinski definition) is 6. The number of hydrogen-bond donors (Lipinski definition) is 2. The van der Waals surface area contributed by atoms with E-state index < -0.39 is 18.3 Å². The topological polar surface area (TPSA) is 120 Å². The Labute approximate surface area is 342 Å². The van der Waals surface area contributed by atoms with E-state index in [1.807, 2.05) is 107 Å². The van der Waals surface area contributed by atoms with Gasteiger partial charge in [-0.3, -0.25) is 19.4 Å². The summed E-state index contributed by atoms with van der Waals surface area (Å²) in [5.74, 6) is 0.0727. The molecule has 0 bridgehead atoms. The normalized spacial score (nSPS) is 16.1. The molecule has 14 heteroatoms. The zero-order valence-corrected chi connectivity index (χ0v) is 33.4. The zero-order chi connectivity index (χ0) is 39.3. The van der Waals surface area contributed by atoms with Crippen LogP contribution in [0.2, 0.25) is 20.1 Å². The van der Waals surface area contributed by atoms with Crippen molar-refractivity contribution in [2.45, 2.75) is 38.1 Å². The van der Waals surface area contributed by atoms with Crippen LogP contribution in [0.4, 0.5) is 4.79 Å². The lowest BCUT2D eigenvalue weighted by molar-refractivity contribution is -0.141. The van der Waals surface area contributed by atoms with Crippen molar-refractivity contribution in [3.05, 3.63) is 139 Å². The quantitative estimate of drug-likeness (QED) is 0.148. The molecule has 2 fully saturated rings. The van der Waals surface area contributed by atoms with Gasteiger partial charge in [0.2, 0.25) is 11.8 Å².